The van der Waals surface area contributed by atoms with Crippen molar-refractivity contribution in [2.75, 3.05) is 4.90 Å². The van der Waals surface area contributed by atoms with E-state index in [1.165, 1.54) is 43.8 Å². The molecule has 0 radical (unpaired) electrons. The third-order valence-electron chi connectivity index (χ3n) is 10.3. The Bertz CT molecular complexity index is 2910. The van der Waals surface area contributed by atoms with Crippen LogP contribution in [0.2, 0.25) is 0 Å². The van der Waals surface area contributed by atoms with Crippen LogP contribution < -0.4 is 4.90 Å². The maximum atomic E-state index is 5.25. The second kappa shape index (κ2) is 13.4. The SMILES string of the molecule is c1ccc(-c2cccc(N(c3ccc(-c4ccc5ccccc5c4)cc3)c3ccc(-c4nc5cc6ccccc6cc5n4-c4ccccc4)cc3)c2)cc1. The lowest BCUT2D eigenvalue weighted by atomic mass is 10.0. The molecule has 0 spiro atoms. The summed E-state index contributed by atoms with van der Waals surface area (Å²) in [6, 6.07) is 75.8. The van der Waals surface area contributed by atoms with Crippen molar-refractivity contribution in [1.29, 1.82) is 0 Å². The Kier molecular flexibility index (Phi) is 7.81. The molecule has 0 atom stereocenters. The lowest BCUT2D eigenvalue weighted by Crippen LogP contribution is -2.10. The molecule has 1 heterocycles. The van der Waals surface area contributed by atoms with Gasteiger partial charge in [0, 0.05) is 28.3 Å². The largest absolute Gasteiger partial charge is 0.310 e. The lowest BCUT2D eigenvalue weighted by molar-refractivity contribution is 1.10. The summed E-state index contributed by atoms with van der Waals surface area (Å²) in [5, 5.41) is 4.87. The lowest BCUT2D eigenvalue weighted by Gasteiger charge is -2.26. The fourth-order valence-corrected chi connectivity index (χ4v) is 7.63. The fourth-order valence-electron chi connectivity index (χ4n) is 7.63. The summed E-state index contributed by atoms with van der Waals surface area (Å²) in [5.41, 5.74) is 12.2. The molecule has 0 saturated heterocycles. The molecule has 3 nitrogen and oxygen atoms in total. The van der Waals surface area contributed by atoms with E-state index in [4.69, 9.17) is 4.98 Å². The number of nitrogens with zero attached hydrogens (tertiary/aromatic N) is 3. The number of para-hydroxylation sites is 1. The second-order valence-corrected chi connectivity index (χ2v) is 13.7. The smallest absolute Gasteiger partial charge is 0.145 e. The summed E-state index contributed by atoms with van der Waals surface area (Å²) < 4.78 is 2.28. The van der Waals surface area contributed by atoms with Gasteiger partial charge in [0.25, 0.3) is 0 Å². The minimum atomic E-state index is 0.912. The van der Waals surface area contributed by atoms with E-state index in [1.807, 2.05) is 0 Å². The zero-order valence-electron chi connectivity index (χ0n) is 29.5. The number of hydrogen-bond donors (Lipinski definition) is 0. The summed E-state index contributed by atoms with van der Waals surface area (Å²) >= 11 is 0. The number of rotatable bonds is 7. The van der Waals surface area contributed by atoms with Crippen LogP contribution in [-0.4, -0.2) is 9.55 Å². The Morgan fingerprint density at radius 1 is 0.333 bits per heavy atom. The molecule has 254 valence electrons. The second-order valence-electron chi connectivity index (χ2n) is 13.7. The van der Waals surface area contributed by atoms with Gasteiger partial charge in [-0.1, -0.05) is 133 Å². The van der Waals surface area contributed by atoms with Crippen molar-refractivity contribution < 1.29 is 0 Å². The average Bonchev–Trinajstić information content (AvgIpc) is 3.62. The normalized spacial score (nSPS) is 11.3. The maximum absolute atomic E-state index is 5.25. The average molecular weight is 690 g/mol. The Balaban J connectivity index is 1.08. The van der Waals surface area contributed by atoms with Crippen molar-refractivity contribution in [2.24, 2.45) is 0 Å². The quantitative estimate of drug-likeness (QED) is 0.166. The summed E-state index contributed by atoms with van der Waals surface area (Å²) in [6.07, 6.45) is 0. The molecule has 0 bridgehead atoms. The molecule has 0 aliphatic heterocycles. The first kappa shape index (κ1) is 31.5. The van der Waals surface area contributed by atoms with E-state index in [1.54, 1.807) is 0 Å². The first-order valence-corrected chi connectivity index (χ1v) is 18.4. The molecular weight excluding hydrogens is 655 g/mol. The number of hydrogen-bond acceptors (Lipinski definition) is 2. The summed E-state index contributed by atoms with van der Waals surface area (Å²) in [5.74, 6) is 0.912. The van der Waals surface area contributed by atoms with Crippen LogP contribution in [0.25, 0.3) is 71.9 Å². The van der Waals surface area contributed by atoms with Crippen LogP contribution in [0.1, 0.15) is 0 Å². The molecular formula is C51H35N3. The molecule has 0 saturated carbocycles. The van der Waals surface area contributed by atoms with E-state index in [0.29, 0.717) is 0 Å². The zero-order chi connectivity index (χ0) is 35.8. The highest BCUT2D eigenvalue weighted by Gasteiger charge is 2.18. The van der Waals surface area contributed by atoms with E-state index < -0.39 is 0 Å². The number of anilines is 3. The molecule has 9 aromatic carbocycles. The van der Waals surface area contributed by atoms with Crippen molar-refractivity contribution in [3.05, 3.63) is 212 Å². The highest BCUT2D eigenvalue weighted by molar-refractivity contribution is 5.97. The van der Waals surface area contributed by atoms with Crippen molar-refractivity contribution in [1.82, 2.24) is 9.55 Å². The van der Waals surface area contributed by atoms with Gasteiger partial charge in [0.1, 0.15) is 5.82 Å². The van der Waals surface area contributed by atoms with Crippen LogP contribution in [0.15, 0.2) is 212 Å². The molecule has 0 aliphatic rings. The van der Waals surface area contributed by atoms with E-state index in [-0.39, 0.29) is 0 Å². The molecule has 0 N–H and O–H groups in total. The summed E-state index contributed by atoms with van der Waals surface area (Å²) in [7, 11) is 0. The van der Waals surface area contributed by atoms with Gasteiger partial charge in [0.15, 0.2) is 0 Å². The highest BCUT2D eigenvalue weighted by atomic mass is 15.1. The standard InChI is InChI=1S/C51H35N3/c1-3-12-36(13-4-1)41-18-11-21-48(33-41)53(46-28-24-38(25-29-46)44-23-22-37-14-7-8-15-40(37)32-44)47-30-26-39(27-31-47)51-52-49-34-42-16-9-10-17-43(42)35-50(49)54(51)45-19-5-2-6-20-45/h1-35H. The third-order valence-corrected chi connectivity index (χ3v) is 10.3. The van der Waals surface area contributed by atoms with Gasteiger partial charge in [-0.2, -0.15) is 0 Å². The van der Waals surface area contributed by atoms with Gasteiger partial charge in [-0.15, -0.1) is 0 Å². The molecule has 0 unspecified atom stereocenters. The first-order chi connectivity index (χ1) is 26.7. The molecule has 0 aliphatic carbocycles. The van der Waals surface area contributed by atoms with Crippen LogP contribution in [0.5, 0.6) is 0 Å². The molecule has 3 heteroatoms. The predicted molar refractivity (Wildman–Crippen MR) is 227 cm³/mol. The Labute approximate surface area is 314 Å². The molecule has 0 fully saturated rings. The molecule has 10 rings (SSSR count). The van der Waals surface area contributed by atoms with Gasteiger partial charge in [-0.05, 0) is 123 Å². The molecule has 0 amide bonds. The van der Waals surface area contributed by atoms with E-state index in [2.05, 4.69) is 222 Å². The zero-order valence-corrected chi connectivity index (χ0v) is 29.5. The third kappa shape index (κ3) is 5.78. The Hall–Kier alpha value is -7.23. The Morgan fingerprint density at radius 3 is 1.56 bits per heavy atom. The molecule has 1 aromatic heterocycles. The summed E-state index contributed by atoms with van der Waals surface area (Å²) in [6.45, 7) is 0. The topological polar surface area (TPSA) is 21.1 Å². The first-order valence-electron chi connectivity index (χ1n) is 18.4. The number of benzene rings is 9. The maximum Gasteiger partial charge on any atom is 0.145 e. The van der Waals surface area contributed by atoms with E-state index >= 15 is 0 Å². The van der Waals surface area contributed by atoms with Gasteiger partial charge in [0.2, 0.25) is 0 Å². The van der Waals surface area contributed by atoms with Gasteiger partial charge >= 0.3 is 0 Å². The van der Waals surface area contributed by atoms with Gasteiger partial charge in [-0.25, -0.2) is 4.98 Å². The summed E-state index contributed by atoms with van der Waals surface area (Å²) in [4.78, 5) is 7.59. The highest BCUT2D eigenvalue weighted by Crippen LogP contribution is 2.39. The van der Waals surface area contributed by atoms with Crippen LogP contribution in [-0.2, 0) is 0 Å². The Morgan fingerprint density at radius 2 is 0.852 bits per heavy atom. The molecule has 54 heavy (non-hydrogen) atoms. The molecule has 10 aromatic rings. The van der Waals surface area contributed by atoms with Crippen molar-refractivity contribution in [3.63, 3.8) is 0 Å². The van der Waals surface area contributed by atoms with E-state index in [0.717, 1.165) is 45.2 Å². The van der Waals surface area contributed by atoms with Crippen molar-refractivity contribution >= 4 is 49.6 Å². The van der Waals surface area contributed by atoms with Gasteiger partial charge in [0.05, 0.1) is 11.0 Å². The van der Waals surface area contributed by atoms with Gasteiger partial charge in [-0.3, -0.25) is 4.57 Å². The monoisotopic (exact) mass is 689 g/mol. The van der Waals surface area contributed by atoms with Crippen LogP contribution in [0, 0.1) is 0 Å². The predicted octanol–water partition coefficient (Wildman–Crippen LogP) is 13.8. The number of fused-ring (bicyclic) bond motifs is 3. The van der Waals surface area contributed by atoms with Gasteiger partial charge < -0.3 is 4.90 Å². The van der Waals surface area contributed by atoms with E-state index in [9.17, 15) is 0 Å². The number of aromatic nitrogens is 2. The fraction of sp³-hybridized carbons (Fsp3) is 0. The van der Waals surface area contributed by atoms with Crippen LogP contribution >= 0.6 is 0 Å². The minimum Gasteiger partial charge on any atom is -0.310 e. The van der Waals surface area contributed by atoms with Crippen LogP contribution in [0.3, 0.4) is 0 Å². The van der Waals surface area contributed by atoms with Crippen molar-refractivity contribution in [3.8, 4) is 39.3 Å². The number of imidazole rings is 1. The minimum absolute atomic E-state index is 0.912. The van der Waals surface area contributed by atoms with Crippen LogP contribution in [0.4, 0.5) is 17.1 Å². The van der Waals surface area contributed by atoms with Crippen molar-refractivity contribution in [2.45, 2.75) is 0 Å².